The Morgan fingerprint density at radius 1 is 1.50 bits per heavy atom. The molecule has 1 aromatic carbocycles. The van der Waals surface area contributed by atoms with Crippen molar-refractivity contribution < 1.29 is 9.84 Å². The molecule has 2 rings (SSSR count). The van der Waals surface area contributed by atoms with E-state index in [4.69, 9.17) is 9.84 Å². The first-order valence-electron chi connectivity index (χ1n) is 5.06. The van der Waals surface area contributed by atoms with E-state index >= 15 is 0 Å². The molecule has 1 unspecified atom stereocenters. The Labute approximate surface area is 98.0 Å². The van der Waals surface area contributed by atoms with Crippen molar-refractivity contribution in [3.63, 3.8) is 0 Å². The van der Waals surface area contributed by atoms with E-state index in [1.165, 1.54) is 11.5 Å². The molecule has 0 aliphatic rings. The average molecular weight is 238 g/mol. The summed E-state index contributed by atoms with van der Waals surface area (Å²) >= 11 is 1.40. The SMILES string of the molecule is COCC(CO)Nc1snc2ccccc12. The number of nitrogens with one attached hydrogen (secondary N) is 1. The number of aromatic nitrogens is 1. The smallest absolute Gasteiger partial charge is 0.117 e. The summed E-state index contributed by atoms with van der Waals surface area (Å²) < 4.78 is 9.34. The van der Waals surface area contributed by atoms with Gasteiger partial charge < -0.3 is 15.2 Å². The second-order valence-corrected chi connectivity index (χ2v) is 4.28. The molecule has 0 fully saturated rings. The van der Waals surface area contributed by atoms with Gasteiger partial charge in [-0.3, -0.25) is 0 Å². The summed E-state index contributed by atoms with van der Waals surface area (Å²) in [5, 5.41) is 14.5. The molecule has 0 radical (unpaired) electrons. The van der Waals surface area contributed by atoms with Crippen LogP contribution in [0.3, 0.4) is 0 Å². The van der Waals surface area contributed by atoms with Crippen LogP contribution in [0.5, 0.6) is 0 Å². The van der Waals surface area contributed by atoms with E-state index in [2.05, 4.69) is 9.69 Å². The molecule has 1 atom stereocenters. The zero-order chi connectivity index (χ0) is 11.4. The molecular weight excluding hydrogens is 224 g/mol. The fourth-order valence-corrected chi connectivity index (χ4v) is 2.36. The molecule has 0 aliphatic carbocycles. The van der Waals surface area contributed by atoms with E-state index < -0.39 is 0 Å². The molecule has 86 valence electrons. The van der Waals surface area contributed by atoms with Crippen molar-refractivity contribution >= 4 is 27.4 Å². The maximum absolute atomic E-state index is 9.17. The van der Waals surface area contributed by atoms with Crippen LogP contribution >= 0.6 is 11.5 Å². The number of hydrogen-bond acceptors (Lipinski definition) is 5. The first-order chi connectivity index (χ1) is 7.85. The predicted molar refractivity (Wildman–Crippen MR) is 66.0 cm³/mol. The monoisotopic (exact) mass is 238 g/mol. The molecule has 0 saturated carbocycles. The number of anilines is 1. The van der Waals surface area contributed by atoms with Crippen molar-refractivity contribution in [1.82, 2.24) is 4.37 Å². The molecule has 4 nitrogen and oxygen atoms in total. The van der Waals surface area contributed by atoms with E-state index in [0.717, 1.165) is 15.9 Å². The average Bonchev–Trinajstić information content (AvgIpc) is 2.72. The number of ether oxygens (including phenoxy) is 1. The van der Waals surface area contributed by atoms with E-state index in [9.17, 15) is 0 Å². The maximum Gasteiger partial charge on any atom is 0.117 e. The Balaban J connectivity index is 2.20. The van der Waals surface area contributed by atoms with Crippen LogP contribution in [-0.2, 0) is 4.74 Å². The van der Waals surface area contributed by atoms with Crippen molar-refractivity contribution in [2.75, 3.05) is 25.6 Å². The molecule has 0 bridgehead atoms. The molecule has 2 aromatic rings. The minimum absolute atomic E-state index is 0.0417. The van der Waals surface area contributed by atoms with Crippen molar-refractivity contribution in [1.29, 1.82) is 0 Å². The van der Waals surface area contributed by atoms with Crippen LogP contribution in [0.2, 0.25) is 0 Å². The summed E-state index contributed by atoms with van der Waals surface area (Å²) in [5.41, 5.74) is 0.976. The maximum atomic E-state index is 9.17. The zero-order valence-corrected chi connectivity index (χ0v) is 9.83. The van der Waals surface area contributed by atoms with Gasteiger partial charge in [0.25, 0.3) is 0 Å². The minimum atomic E-state index is -0.0890. The highest BCUT2D eigenvalue weighted by Gasteiger charge is 2.11. The second kappa shape index (κ2) is 5.25. The van der Waals surface area contributed by atoms with Gasteiger partial charge in [0.2, 0.25) is 0 Å². The van der Waals surface area contributed by atoms with Crippen LogP contribution in [0, 0.1) is 0 Å². The van der Waals surface area contributed by atoms with Gasteiger partial charge in [0.1, 0.15) is 5.00 Å². The Morgan fingerprint density at radius 2 is 2.31 bits per heavy atom. The molecule has 16 heavy (non-hydrogen) atoms. The third kappa shape index (κ3) is 2.32. The number of benzene rings is 1. The van der Waals surface area contributed by atoms with E-state index in [1.54, 1.807) is 7.11 Å². The highest BCUT2D eigenvalue weighted by molar-refractivity contribution is 7.11. The molecule has 0 aliphatic heterocycles. The van der Waals surface area contributed by atoms with Gasteiger partial charge in [0.05, 0.1) is 24.8 Å². The molecule has 2 N–H and O–H groups in total. The summed E-state index contributed by atoms with van der Waals surface area (Å²) in [6.07, 6.45) is 0. The van der Waals surface area contributed by atoms with Gasteiger partial charge in [-0.1, -0.05) is 12.1 Å². The number of rotatable bonds is 5. The summed E-state index contributed by atoms with van der Waals surface area (Å²) in [4.78, 5) is 0. The highest BCUT2D eigenvalue weighted by atomic mass is 32.1. The quantitative estimate of drug-likeness (QED) is 0.832. The van der Waals surface area contributed by atoms with Gasteiger partial charge in [-0.15, -0.1) is 0 Å². The third-order valence-electron chi connectivity index (χ3n) is 2.31. The molecular formula is C11H14N2O2S. The van der Waals surface area contributed by atoms with Gasteiger partial charge in [-0.25, -0.2) is 0 Å². The minimum Gasteiger partial charge on any atom is -0.394 e. The summed E-state index contributed by atoms with van der Waals surface area (Å²) in [5.74, 6) is 0. The number of hydrogen-bond donors (Lipinski definition) is 2. The summed E-state index contributed by atoms with van der Waals surface area (Å²) in [6.45, 7) is 0.517. The number of nitrogens with zero attached hydrogens (tertiary/aromatic N) is 1. The lowest BCUT2D eigenvalue weighted by atomic mass is 10.2. The molecule has 0 saturated heterocycles. The van der Waals surface area contributed by atoms with Crippen LogP contribution in [0.15, 0.2) is 24.3 Å². The van der Waals surface area contributed by atoms with Crippen LogP contribution in [-0.4, -0.2) is 35.8 Å². The van der Waals surface area contributed by atoms with E-state index in [-0.39, 0.29) is 12.6 Å². The topological polar surface area (TPSA) is 54.4 Å². The standard InChI is InChI=1S/C11H14N2O2S/c1-15-7-8(6-14)12-11-9-4-2-3-5-10(9)13-16-11/h2-5,8,12,14H,6-7H2,1H3. The van der Waals surface area contributed by atoms with Crippen LogP contribution < -0.4 is 5.32 Å². The van der Waals surface area contributed by atoms with Crippen molar-refractivity contribution in [3.05, 3.63) is 24.3 Å². The Morgan fingerprint density at radius 3 is 3.06 bits per heavy atom. The fourth-order valence-electron chi connectivity index (χ4n) is 1.52. The summed E-state index contributed by atoms with van der Waals surface area (Å²) in [7, 11) is 1.62. The van der Waals surface area contributed by atoms with Crippen LogP contribution in [0.4, 0.5) is 5.00 Å². The first-order valence-corrected chi connectivity index (χ1v) is 5.83. The largest absolute Gasteiger partial charge is 0.394 e. The highest BCUT2D eigenvalue weighted by Crippen LogP contribution is 2.27. The van der Waals surface area contributed by atoms with Crippen LogP contribution in [0.25, 0.3) is 10.9 Å². The lowest BCUT2D eigenvalue weighted by molar-refractivity contribution is 0.153. The van der Waals surface area contributed by atoms with Crippen molar-refractivity contribution in [3.8, 4) is 0 Å². The normalized spacial score (nSPS) is 12.9. The van der Waals surface area contributed by atoms with Gasteiger partial charge in [0, 0.05) is 12.5 Å². The molecule has 1 heterocycles. The lowest BCUT2D eigenvalue weighted by Crippen LogP contribution is -2.28. The van der Waals surface area contributed by atoms with E-state index in [0.29, 0.717) is 6.61 Å². The lowest BCUT2D eigenvalue weighted by Gasteiger charge is -2.14. The van der Waals surface area contributed by atoms with E-state index in [1.807, 2.05) is 24.3 Å². The number of aliphatic hydroxyl groups is 1. The Hall–Kier alpha value is -1.17. The predicted octanol–water partition coefficient (Wildman–Crippen LogP) is 1.72. The summed E-state index contributed by atoms with van der Waals surface area (Å²) in [6, 6.07) is 7.84. The van der Waals surface area contributed by atoms with Gasteiger partial charge in [0.15, 0.2) is 0 Å². The molecule has 1 aromatic heterocycles. The van der Waals surface area contributed by atoms with Gasteiger partial charge in [-0.2, -0.15) is 4.37 Å². The number of methoxy groups -OCH3 is 1. The Bertz CT molecular complexity index is 458. The second-order valence-electron chi connectivity index (χ2n) is 3.51. The van der Waals surface area contributed by atoms with Crippen molar-refractivity contribution in [2.24, 2.45) is 0 Å². The number of fused-ring (bicyclic) bond motifs is 1. The molecule has 5 heteroatoms. The number of aliphatic hydroxyl groups excluding tert-OH is 1. The third-order valence-corrected chi connectivity index (χ3v) is 3.12. The molecule has 0 spiro atoms. The van der Waals surface area contributed by atoms with Crippen molar-refractivity contribution in [2.45, 2.75) is 6.04 Å². The zero-order valence-electron chi connectivity index (χ0n) is 9.01. The first kappa shape index (κ1) is 11.3. The van der Waals surface area contributed by atoms with Crippen LogP contribution in [0.1, 0.15) is 0 Å². The van der Waals surface area contributed by atoms with Gasteiger partial charge >= 0.3 is 0 Å². The van der Waals surface area contributed by atoms with Gasteiger partial charge in [-0.05, 0) is 23.7 Å². The molecule has 0 amide bonds. The fraction of sp³-hybridized carbons (Fsp3) is 0.364. The Kier molecular flexibility index (Phi) is 3.71.